The van der Waals surface area contributed by atoms with Crippen molar-refractivity contribution < 1.29 is 4.74 Å². The lowest BCUT2D eigenvalue weighted by Crippen LogP contribution is -2.36. The smallest absolute Gasteiger partial charge is 0.0757 e. The topological polar surface area (TPSA) is 21.3 Å². The van der Waals surface area contributed by atoms with Gasteiger partial charge in [0.2, 0.25) is 0 Å². The molecule has 0 bridgehead atoms. The Morgan fingerprint density at radius 1 is 1.29 bits per heavy atom. The number of hydrogen-bond donors (Lipinski definition) is 1. The SMILES string of the molecule is CCc1ccc(CNC2CCOC2C2CC2)s1. The first-order valence-corrected chi connectivity index (χ1v) is 7.61. The molecule has 1 aliphatic heterocycles. The average molecular weight is 251 g/mol. The molecule has 2 heterocycles. The van der Waals surface area contributed by atoms with Gasteiger partial charge in [0.15, 0.2) is 0 Å². The fourth-order valence-electron chi connectivity index (χ4n) is 2.66. The van der Waals surface area contributed by atoms with E-state index in [1.807, 2.05) is 11.3 Å². The van der Waals surface area contributed by atoms with Gasteiger partial charge >= 0.3 is 0 Å². The molecule has 94 valence electrons. The zero-order valence-electron chi connectivity index (χ0n) is 10.4. The Bertz CT molecular complexity index is 372. The van der Waals surface area contributed by atoms with Crippen molar-refractivity contribution in [2.75, 3.05) is 6.61 Å². The number of thiophene rings is 1. The van der Waals surface area contributed by atoms with Gasteiger partial charge in [-0.1, -0.05) is 6.92 Å². The van der Waals surface area contributed by atoms with Gasteiger partial charge in [-0.25, -0.2) is 0 Å². The third-order valence-corrected chi connectivity index (χ3v) is 5.06. The van der Waals surface area contributed by atoms with Gasteiger partial charge in [-0.05, 0) is 43.7 Å². The normalized spacial score (nSPS) is 28.8. The first-order chi connectivity index (χ1) is 8.36. The lowest BCUT2D eigenvalue weighted by Gasteiger charge is -2.19. The summed E-state index contributed by atoms with van der Waals surface area (Å²) in [7, 11) is 0. The van der Waals surface area contributed by atoms with Crippen molar-refractivity contribution >= 4 is 11.3 Å². The predicted molar refractivity (Wildman–Crippen MR) is 71.4 cm³/mol. The molecular formula is C14H21NOS. The fraction of sp³-hybridized carbons (Fsp3) is 0.714. The van der Waals surface area contributed by atoms with E-state index in [4.69, 9.17) is 4.74 Å². The van der Waals surface area contributed by atoms with E-state index in [-0.39, 0.29) is 0 Å². The van der Waals surface area contributed by atoms with Crippen molar-refractivity contribution in [2.24, 2.45) is 5.92 Å². The largest absolute Gasteiger partial charge is 0.376 e. The van der Waals surface area contributed by atoms with Gasteiger partial charge < -0.3 is 10.1 Å². The van der Waals surface area contributed by atoms with E-state index in [1.54, 1.807) is 0 Å². The molecule has 1 saturated carbocycles. The first-order valence-electron chi connectivity index (χ1n) is 6.79. The van der Waals surface area contributed by atoms with Crippen molar-refractivity contribution in [3.8, 4) is 0 Å². The van der Waals surface area contributed by atoms with Crippen LogP contribution in [0.25, 0.3) is 0 Å². The summed E-state index contributed by atoms with van der Waals surface area (Å²) in [6.07, 6.45) is 5.60. The molecule has 2 aliphatic rings. The fourth-order valence-corrected chi connectivity index (χ4v) is 3.57. The van der Waals surface area contributed by atoms with Crippen molar-refractivity contribution in [3.05, 3.63) is 21.9 Å². The van der Waals surface area contributed by atoms with Crippen LogP contribution in [-0.2, 0) is 17.7 Å². The molecular weight excluding hydrogens is 230 g/mol. The summed E-state index contributed by atoms with van der Waals surface area (Å²) in [6, 6.07) is 5.11. The van der Waals surface area contributed by atoms with Crippen molar-refractivity contribution in [3.63, 3.8) is 0 Å². The van der Waals surface area contributed by atoms with Crippen molar-refractivity contribution in [2.45, 2.75) is 51.3 Å². The molecule has 17 heavy (non-hydrogen) atoms. The van der Waals surface area contributed by atoms with Crippen LogP contribution in [0.1, 0.15) is 35.9 Å². The molecule has 2 unspecified atom stereocenters. The Hall–Kier alpha value is -0.380. The van der Waals surface area contributed by atoms with Crippen LogP contribution in [0.5, 0.6) is 0 Å². The van der Waals surface area contributed by atoms with Gasteiger partial charge in [-0.3, -0.25) is 0 Å². The quantitative estimate of drug-likeness (QED) is 0.868. The molecule has 1 N–H and O–H groups in total. The molecule has 1 aromatic heterocycles. The molecule has 0 aromatic carbocycles. The predicted octanol–water partition coefficient (Wildman–Crippen LogP) is 2.97. The highest BCUT2D eigenvalue weighted by Crippen LogP contribution is 2.38. The molecule has 1 aliphatic carbocycles. The van der Waals surface area contributed by atoms with E-state index < -0.39 is 0 Å². The summed E-state index contributed by atoms with van der Waals surface area (Å²) in [6.45, 7) is 4.18. The van der Waals surface area contributed by atoms with Crippen LogP contribution in [0.15, 0.2) is 12.1 Å². The molecule has 2 nitrogen and oxygen atoms in total. The maximum atomic E-state index is 5.85. The molecule has 0 spiro atoms. The van der Waals surface area contributed by atoms with Gasteiger partial charge in [0.1, 0.15) is 0 Å². The van der Waals surface area contributed by atoms with Crippen LogP contribution in [0.3, 0.4) is 0 Å². The first kappa shape index (κ1) is 11.7. The number of hydrogen-bond acceptors (Lipinski definition) is 3. The standard InChI is InChI=1S/C14H21NOS/c1-2-11-5-6-12(17-11)9-15-13-7-8-16-14(13)10-3-4-10/h5-6,10,13-15H,2-4,7-9H2,1H3. The highest BCUT2D eigenvalue weighted by Gasteiger charge is 2.40. The maximum Gasteiger partial charge on any atom is 0.0757 e. The summed E-state index contributed by atoms with van der Waals surface area (Å²) in [5, 5.41) is 3.69. The van der Waals surface area contributed by atoms with E-state index in [2.05, 4.69) is 24.4 Å². The number of nitrogens with one attached hydrogen (secondary N) is 1. The number of ether oxygens (including phenoxy) is 1. The second-order valence-electron chi connectivity index (χ2n) is 5.17. The summed E-state index contributed by atoms with van der Waals surface area (Å²) < 4.78 is 5.85. The van der Waals surface area contributed by atoms with Gasteiger partial charge in [0.05, 0.1) is 6.10 Å². The van der Waals surface area contributed by atoms with E-state index in [0.29, 0.717) is 12.1 Å². The lowest BCUT2D eigenvalue weighted by atomic mass is 10.1. The van der Waals surface area contributed by atoms with Crippen molar-refractivity contribution in [1.82, 2.24) is 5.32 Å². The third kappa shape index (κ3) is 2.72. The molecule has 1 saturated heterocycles. The van der Waals surface area contributed by atoms with Gasteiger partial charge in [-0.15, -0.1) is 11.3 Å². The van der Waals surface area contributed by atoms with Crippen LogP contribution in [0.4, 0.5) is 0 Å². The lowest BCUT2D eigenvalue weighted by molar-refractivity contribution is 0.0809. The summed E-state index contributed by atoms with van der Waals surface area (Å²) in [5.74, 6) is 0.851. The van der Waals surface area contributed by atoms with E-state index >= 15 is 0 Å². The molecule has 3 rings (SSSR count). The molecule has 0 radical (unpaired) electrons. The van der Waals surface area contributed by atoms with Crippen LogP contribution < -0.4 is 5.32 Å². The van der Waals surface area contributed by atoms with E-state index in [1.165, 1.54) is 29.0 Å². The summed E-state index contributed by atoms with van der Waals surface area (Å²) in [5.41, 5.74) is 0. The summed E-state index contributed by atoms with van der Waals surface area (Å²) in [4.78, 5) is 2.95. The Balaban J connectivity index is 1.52. The van der Waals surface area contributed by atoms with Gasteiger partial charge in [-0.2, -0.15) is 0 Å². The zero-order chi connectivity index (χ0) is 11.7. The molecule has 2 fully saturated rings. The minimum absolute atomic E-state index is 0.501. The monoisotopic (exact) mass is 251 g/mol. The second-order valence-corrected chi connectivity index (χ2v) is 6.42. The Morgan fingerprint density at radius 3 is 2.82 bits per heavy atom. The maximum absolute atomic E-state index is 5.85. The second kappa shape index (κ2) is 5.09. The molecule has 2 atom stereocenters. The van der Waals surface area contributed by atoms with Crippen LogP contribution >= 0.6 is 11.3 Å². The van der Waals surface area contributed by atoms with Gasteiger partial charge in [0.25, 0.3) is 0 Å². The molecule has 1 aromatic rings. The summed E-state index contributed by atoms with van der Waals surface area (Å²) >= 11 is 1.94. The third-order valence-electron chi connectivity index (χ3n) is 3.83. The molecule has 0 amide bonds. The number of aryl methyl sites for hydroxylation is 1. The van der Waals surface area contributed by atoms with E-state index in [0.717, 1.165) is 25.5 Å². The van der Waals surface area contributed by atoms with Crippen molar-refractivity contribution in [1.29, 1.82) is 0 Å². The van der Waals surface area contributed by atoms with Crippen LogP contribution in [0.2, 0.25) is 0 Å². The van der Waals surface area contributed by atoms with Crippen LogP contribution in [-0.4, -0.2) is 18.8 Å². The number of rotatable bonds is 5. The van der Waals surface area contributed by atoms with E-state index in [9.17, 15) is 0 Å². The Labute approximate surface area is 107 Å². The zero-order valence-corrected chi connectivity index (χ0v) is 11.3. The van der Waals surface area contributed by atoms with Gasteiger partial charge in [0, 0.05) is 28.9 Å². The van der Waals surface area contributed by atoms with Crippen LogP contribution in [0, 0.1) is 5.92 Å². The highest BCUT2D eigenvalue weighted by atomic mass is 32.1. The Morgan fingerprint density at radius 2 is 2.12 bits per heavy atom. The molecule has 3 heteroatoms. The minimum Gasteiger partial charge on any atom is -0.376 e. The Kier molecular flexibility index (Phi) is 3.50. The minimum atomic E-state index is 0.501. The highest BCUT2D eigenvalue weighted by molar-refractivity contribution is 7.11. The average Bonchev–Trinajstić information content (AvgIpc) is 2.93.